The number of nitrogens with one attached hydrogen (secondary N) is 1. The zero-order valence-electron chi connectivity index (χ0n) is 17.1. The second-order valence-electron chi connectivity index (χ2n) is 8.06. The number of nitrogens with two attached hydrogens (primary N) is 1. The van der Waals surface area contributed by atoms with Gasteiger partial charge in [0.2, 0.25) is 11.8 Å². The van der Waals surface area contributed by atoms with Crippen molar-refractivity contribution in [2.75, 3.05) is 18.4 Å². The van der Waals surface area contributed by atoms with E-state index in [1.54, 1.807) is 30.3 Å². The highest BCUT2D eigenvalue weighted by Crippen LogP contribution is 2.36. The summed E-state index contributed by atoms with van der Waals surface area (Å²) in [7, 11) is 0. The molecule has 2 amide bonds. The molecular weight excluding hydrogens is 432 g/mol. The molecule has 0 unspecified atom stereocenters. The normalized spacial score (nSPS) is 20.5. The van der Waals surface area contributed by atoms with Crippen LogP contribution < -0.4 is 16.6 Å². The minimum atomic E-state index is -0.508. The van der Waals surface area contributed by atoms with Crippen molar-refractivity contribution in [3.8, 4) is 0 Å². The zero-order chi connectivity index (χ0) is 22.1. The van der Waals surface area contributed by atoms with Gasteiger partial charge in [-0.15, -0.1) is 0 Å². The summed E-state index contributed by atoms with van der Waals surface area (Å²) < 4.78 is 2.60. The fraction of sp³-hybridized carbons (Fsp3) is 0.364. The molecule has 1 fully saturated rings. The van der Waals surface area contributed by atoms with E-state index in [0.29, 0.717) is 28.0 Å². The van der Waals surface area contributed by atoms with Crippen LogP contribution in [0.15, 0.2) is 47.3 Å². The molecule has 4 rings (SSSR count). The van der Waals surface area contributed by atoms with Gasteiger partial charge in [-0.3, -0.25) is 14.4 Å². The molecule has 7 nitrogen and oxygen atoms in total. The van der Waals surface area contributed by atoms with Crippen molar-refractivity contribution in [3.63, 3.8) is 0 Å². The number of thioether (sulfide) groups is 1. The Morgan fingerprint density at radius 3 is 2.61 bits per heavy atom. The number of likely N-dealkylation sites (tertiary alicyclic amines) is 1. The van der Waals surface area contributed by atoms with E-state index in [-0.39, 0.29) is 22.6 Å². The quantitative estimate of drug-likeness (QED) is 0.686. The molecule has 2 aromatic rings. The third-order valence-corrected chi connectivity index (χ3v) is 7.40. The van der Waals surface area contributed by atoms with Crippen molar-refractivity contribution < 1.29 is 9.59 Å². The van der Waals surface area contributed by atoms with Crippen LogP contribution in [-0.2, 0) is 11.3 Å². The number of carbonyl (C=O) groups is 2. The molecule has 31 heavy (non-hydrogen) atoms. The van der Waals surface area contributed by atoms with Crippen LogP contribution in [0.25, 0.3) is 0 Å². The molecule has 0 radical (unpaired) electrons. The van der Waals surface area contributed by atoms with Crippen LogP contribution in [0.5, 0.6) is 0 Å². The number of carbonyl (C=O) groups excluding carboxylic acids is 2. The molecule has 1 aromatic carbocycles. The van der Waals surface area contributed by atoms with E-state index < -0.39 is 5.91 Å². The molecule has 0 spiro atoms. The summed E-state index contributed by atoms with van der Waals surface area (Å²) in [5.41, 5.74) is 7.37. The predicted molar refractivity (Wildman–Crippen MR) is 126 cm³/mol. The first-order valence-electron chi connectivity index (χ1n) is 10.2. The molecular formula is C22H24N4O3S2. The molecule has 3 atom stereocenters. The Morgan fingerprint density at radius 1 is 1.16 bits per heavy atom. The number of nitrogens with zero attached hydrogens (tertiary/aromatic N) is 2. The first-order chi connectivity index (χ1) is 14.8. The fourth-order valence-corrected chi connectivity index (χ4v) is 5.64. The molecule has 3 N–H and O–H groups in total. The van der Waals surface area contributed by atoms with Gasteiger partial charge in [0.25, 0.3) is 5.56 Å². The van der Waals surface area contributed by atoms with Crippen molar-refractivity contribution in [1.82, 2.24) is 9.47 Å². The van der Waals surface area contributed by atoms with Gasteiger partial charge in [0, 0.05) is 48.6 Å². The Hall–Kier alpha value is -2.65. The highest BCUT2D eigenvalue weighted by molar-refractivity contribution is 8.23. The maximum atomic E-state index is 12.6. The van der Waals surface area contributed by atoms with Crippen LogP contribution in [0.4, 0.5) is 5.69 Å². The number of fused-ring (bicyclic) bond motifs is 4. The van der Waals surface area contributed by atoms with Crippen molar-refractivity contribution >= 4 is 45.8 Å². The third-order valence-electron chi connectivity index (χ3n) is 5.82. The minimum absolute atomic E-state index is 0.0618. The summed E-state index contributed by atoms with van der Waals surface area (Å²) in [4.78, 5) is 38.1. The lowest BCUT2D eigenvalue weighted by Gasteiger charge is -2.43. The number of hydrogen-bond acceptors (Lipinski definition) is 5. The summed E-state index contributed by atoms with van der Waals surface area (Å²) in [5.74, 6) is -0.0233. The molecule has 2 aliphatic heterocycles. The maximum Gasteiger partial charge on any atom is 0.250 e. The number of primary amides is 1. The summed E-state index contributed by atoms with van der Waals surface area (Å²) in [6.07, 6.45) is 1.06. The van der Waals surface area contributed by atoms with Gasteiger partial charge in [0.05, 0.1) is 5.25 Å². The number of anilines is 1. The Bertz CT molecular complexity index is 1080. The van der Waals surface area contributed by atoms with Crippen molar-refractivity contribution in [1.29, 1.82) is 0 Å². The standard InChI is InChI=1S/C22H24N4O3S2/c1-13(21(29)24-17-7-5-15(6-8-17)20(23)28)31-22(30)25-10-14-9-16(12-25)18-3-2-4-19(27)26(18)11-14/h2-8,13-14,16H,9-12H2,1H3,(H2,23,28)(H,24,29)/t13-,14+,16+/m1/s1. The molecule has 0 aliphatic carbocycles. The number of hydrogen-bond donors (Lipinski definition) is 2. The van der Waals surface area contributed by atoms with Gasteiger partial charge in [-0.05, 0) is 49.6 Å². The SMILES string of the molecule is C[C@@H](SC(=S)N1C[C@@H]2C[C@@H](C1)c1cccc(=O)n1C2)C(=O)Nc1ccc(C(N)=O)cc1. The molecule has 3 heterocycles. The van der Waals surface area contributed by atoms with Gasteiger partial charge in [-0.2, -0.15) is 0 Å². The molecule has 1 saturated heterocycles. The van der Waals surface area contributed by atoms with Crippen LogP contribution in [0.3, 0.4) is 0 Å². The first kappa shape index (κ1) is 21.6. The van der Waals surface area contributed by atoms with Gasteiger partial charge in [0.15, 0.2) is 0 Å². The fourth-order valence-electron chi connectivity index (χ4n) is 4.29. The Kier molecular flexibility index (Phi) is 6.15. The van der Waals surface area contributed by atoms with Crippen LogP contribution >= 0.6 is 24.0 Å². The lowest BCUT2D eigenvalue weighted by atomic mass is 9.83. The van der Waals surface area contributed by atoms with E-state index in [0.717, 1.165) is 25.2 Å². The van der Waals surface area contributed by atoms with E-state index in [4.69, 9.17) is 18.0 Å². The molecule has 2 aliphatic rings. The molecule has 1 aromatic heterocycles. The number of amides is 2. The van der Waals surface area contributed by atoms with E-state index in [1.807, 2.05) is 23.6 Å². The molecule has 162 valence electrons. The molecule has 9 heteroatoms. The Labute approximate surface area is 190 Å². The number of benzene rings is 1. The maximum absolute atomic E-state index is 12.6. The van der Waals surface area contributed by atoms with Crippen LogP contribution in [0, 0.1) is 5.92 Å². The van der Waals surface area contributed by atoms with Gasteiger partial charge in [0.1, 0.15) is 4.32 Å². The smallest absolute Gasteiger partial charge is 0.250 e. The summed E-state index contributed by atoms with van der Waals surface area (Å²) in [5, 5.41) is 2.47. The first-order valence-corrected chi connectivity index (χ1v) is 11.5. The summed E-state index contributed by atoms with van der Waals surface area (Å²) in [6, 6.07) is 11.9. The highest BCUT2D eigenvalue weighted by Gasteiger charge is 2.35. The number of aromatic nitrogens is 1. The topological polar surface area (TPSA) is 97.4 Å². The van der Waals surface area contributed by atoms with Crippen LogP contribution in [0.1, 0.15) is 35.3 Å². The van der Waals surface area contributed by atoms with E-state index in [2.05, 4.69) is 10.2 Å². The second-order valence-corrected chi connectivity index (χ2v) is 10.0. The van der Waals surface area contributed by atoms with E-state index >= 15 is 0 Å². The average molecular weight is 457 g/mol. The second kappa shape index (κ2) is 8.84. The predicted octanol–water partition coefficient (Wildman–Crippen LogP) is 2.41. The Balaban J connectivity index is 1.36. The van der Waals surface area contributed by atoms with E-state index in [1.165, 1.54) is 11.8 Å². The van der Waals surface area contributed by atoms with Crippen molar-refractivity contribution in [2.45, 2.75) is 31.1 Å². The van der Waals surface area contributed by atoms with Gasteiger partial charge in [-0.25, -0.2) is 0 Å². The number of pyridine rings is 1. The lowest BCUT2D eigenvalue weighted by Crippen LogP contribution is -2.48. The minimum Gasteiger partial charge on any atom is -0.366 e. The Morgan fingerprint density at radius 2 is 1.90 bits per heavy atom. The van der Waals surface area contributed by atoms with Crippen LogP contribution in [0.2, 0.25) is 0 Å². The molecule has 2 bridgehead atoms. The summed E-state index contributed by atoms with van der Waals surface area (Å²) in [6.45, 7) is 4.09. The highest BCUT2D eigenvalue weighted by atomic mass is 32.2. The van der Waals surface area contributed by atoms with Crippen molar-refractivity contribution in [2.24, 2.45) is 11.7 Å². The third kappa shape index (κ3) is 4.67. The average Bonchev–Trinajstić information content (AvgIpc) is 2.74. The van der Waals surface area contributed by atoms with Gasteiger partial charge in [-0.1, -0.05) is 30.0 Å². The van der Waals surface area contributed by atoms with Gasteiger partial charge >= 0.3 is 0 Å². The van der Waals surface area contributed by atoms with E-state index in [9.17, 15) is 14.4 Å². The number of piperidine rings is 1. The molecule has 0 saturated carbocycles. The number of thiocarbonyl (C=S) groups is 1. The number of rotatable bonds is 4. The largest absolute Gasteiger partial charge is 0.366 e. The van der Waals surface area contributed by atoms with Crippen LogP contribution in [-0.4, -0.2) is 43.9 Å². The zero-order valence-corrected chi connectivity index (χ0v) is 18.7. The van der Waals surface area contributed by atoms with Gasteiger partial charge < -0.3 is 20.5 Å². The monoisotopic (exact) mass is 456 g/mol. The van der Waals surface area contributed by atoms with Crippen molar-refractivity contribution in [3.05, 3.63) is 64.1 Å². The summed E-state index contributed by atoms with van der Waals surface area (Å²) >= 11 is 7.04. The lowest BCUT2D eigenvalue weighted by molar-refractivity contribution is -0.115.